The predicted molar refractivity (Wildman–Crippen MR) is 97.6 cm³/mol. The second-order valence-corrected chi connectivity index (χ2v) is 5.83. The van der Waals surface area contributed by atoms with Gasteiger partial charge in [-0.05, 0) is 31.5 Å². The van der Waals surface area contributed by atoms with Gasteiger partial charge in [-0.3, -0.25) is 19.7 Å². The number of rotatable bonds is 8. The van der Waals surface area contributed by atoms with Crippen molar-refractivity contribution in [1.82, 2.24) is 0 Å². The third kappa shape index (κ3) is 5.64. The van der Waals surface area contributed by atoms with E-state index in [9.17, 15) is 23.6 Å². The van der Waals surface area contributed by atoms with E-state index in [1.54, 1.807) is 6.92 Å². The van der Waals surface area contributed by atoms with Crippen LogP contribution in [0.25, 0.3) is 0 Å². The summed E-state index contributed by atoms with van der Waals surface area (Å²) in [5.41, 5.74) is 5.26. The van der Waals surface area contributed by atoms with Crippen molar-refractivity contribution >= 4 is 29.6 Å². The number of ether oxygens (including phenoxy) is 2. The molecule has 2 amide bonds. The lowest BCUT2D eigenvalue weighted by Gasteiger charge is -2.06. The molecule has 1 aromatic heterocycles. The number of hydrogen-bond acceptors (Lipinski definition) is 7. The zero-order valence-electron chi connectivity index (χ0n) is 15.7. The van der Waals surface area contributed by atoms with E-state index in [4.69, 9.17) is 19.6 Å². The van der Waals surface area contributed by atoms with Crippen molar-refractivity contribution in [1.29, 1.82) is 0 Å². The zero-order chi connectivity index (χ0) is 21.6. The minimum absolute atomic E-state index is 0.0286. The molecule has 1 heterocycles. The summed E-state index contributed by atoms with van der Waals surface area (Å²) in [6.45, 7) is 2.37. The first-order valence-corrected chi connectivity index (χ1v) is 8.53. The third-order valence-corrected chi connectivity index (χ3v) is 3.69. The normalized spacial score (nSPS) is 10.3. The molecule has 0 aliphatic carbocycles. The molecule has 0 spiro atoms. The van der Waals surface area contributed by atoms with E-state index in [1.807, 2.05) is 0 Å². The number of halogens is 1. The van der Waals surface area contributed by atoms with Gasteiger partial charge in [0.05, 0.1) is 13.0 Å². The van der Waals surface area contributed by atoms with Crippen LogP contribution in [0.5, 0.6) is 0 Å². The number of carbonyl (C=O) groups is 4. The van der Waals surface area contributed by atoms with Crippen molar-refractivity contribution in [2.75, 3.05) is 18.5 Å². The number of furan rings is 1. The van der Waals surface area contributed by atoms with Crippen molar-refractivity contribution < 1.29 is 37.5 Å². The van der Waals surface area contributed by atoms with Gasteiger partial charge >= 0.3 is 11.9 Å². The Morgan fingerprint density at radius 2 is 1.76 bits per heavy atom. The number of nitrogens with two attached hydrogens (primary N) is 1. The summed E-state index contributed by atoms with van der Waals surface area (Å²) in [5.74, 6) is -4.13. The van der Waals surface area contributed by atoms with Gasteiger partial charge in [-0.1, -0.05) is 12.1 Å². The lowest BCUT2D eigenvalue weighted by molar-refractivity contribution is -0.146. The Morgan fingerprint density at radius 1 is 1.10 bits per heavy atom. The second kappa shape index (κ2) is 9.49. The van der Waals surface area contributed by atoms with Crippen molar-refractivity contribution in [3.05, 3.63) is 52.5 Å². The summed E-state index contributed by atoms with van der Waals surface area (Å²) in [6.07, 6.45) is -0.160. The first-order valence-electron chi connectivity index (χ1n) is 8.53. The molecule has 0 unspecified atom stereocenters. The van der Waals surface area contributed by atoms with Crippen LogP contribution < -0.4 is 11.1 Å². The van der Waals surface area contributed by atoms with Crippen LogP contribution in [0.4, 0.5) is 10.3 Å². The third-order valence-electron chi connectivity index (χ3n) is 3.69. The number of primary amides is 1. The highest BCUT2D eigenvalue weighted by atomic mass is 19.1. The number of esters is 2. The topological polar surface area (TPSA) is 138 Å². The molecule has 0 aliphatic rings. The Bertz CT molecular complexity index is 935. The highest BCUT2D eigenvalue weighted by molar-refractivity contribution is 6.10. The maximum atomic E-state index is 12.9. The van der Waals surface area contributed by atoms with Crippen molar-refractivity contribution in [2.45, 2.75) is 20.3 Å². The Balaban J connectivity index is 2.02. The molecule has 0 aliphatic heterocycles. The fraction of sp³-hybridized carbons (Fsp3) is 0.263. The van der Waals surface area contributed by atoms with E-state index in [1.165, 1.54) is 31.2 Å². The average molecular weight is 406 g/mol. The Kier molecular flexibility index (Phi) is 7.07. The molecule has 2 rings (SSSR count). The van der Waals surface area contributed by atoms with Crippen LogP contribution in [0.3, 0.4) is 0 Å². The number of benzene rings is 1. The minimum atomic E-state index is -1.01. The highest BCUT2D eigenvalue weighted by Crippen LogP contribution is 2.27. The largest absolute Gasteiger partial charge is 0.462 e. The Hall–Kier alpha value is -3.69. The quantitative estimate of drug-likeness (QED) is 0.637. The smallest absolute Gasteiger partial charge is 0.342 e. The molecule has 0 radical (unpaired) electrons. The molecular formula is C19H19FN2O7. The minimum Gasteiger partial charge on any atom is -0.462 e. The molecular weight excluding hydrogens is 387 g/mol. The van der Waals surface area contributed by atoms with Gasteiger partial charge in [0.15, 0.2) is 6.61 Å². The van der Waals surface area contributed by atoms with E-state index in [0.29, 0.717) is 5.56 Å². The Labute approximate surface area is 164 Å². The first kappa shape index (κ1) is 21.6. The van der Waals surface area contributed by atoms with Crippen LogP contribution in [0, 0.1) is 12.7 Å². The standard InChI is InChI=1S/C19H19FN2O7/c1-3-27-19(26)15-10(2)29-18(16(15)17(21)25)22-13(23)9-28-14(24)8-11-4-6-12(20)7-5-11/h4-7H,3,8-9H2,1-2H3,(H2,21,25)(H,22,23). The molecule has 0 saturated carbocycles. The predicted octanol–water partition coefficient (Wildman–Crippen LogP) is 1.73. The highest BCUT2D eigenvalue weighted by Gasteiger charge is 2.29. The molecule has 1 aromatic carbocycles. The molecule has 0 fully saturated rings. The molecule has 10 heteroatoms. The van der Waals surface area contributed by atoms with E-state index in [-0.39, 0.29) is 35.8 Å². The van der Waals surface area contributed by atoms with Gasteiger partial charge in [0.1, 0.15) is 22.7 Å². The van der Waals surface area contributed by atoms with E-state index < -0.39 is 36.2 Å². The van der Waals surface area contributed by atoms with Gasteiger partial charge in [0.25, 0.3) is 11.8 Å². The first-order chi connectivity index (χ1) is 13.7. The molecule has 3 N–H and O–H groups in total. The Morgan fingerprint density at radius 3 is 2.34 bits per heavy atom. The van der Waals surface area contributed by atoms with Gasteiger partial charge in [-0.2, -0.15) is 0 Å². The number of carbonyl (C=O) groups excluding carboxylic acids is 4. The van der Waals surface area contributed by atoms with Crippen LogP contribution in [0.1, 0.15) is 39.0 Å². The summed E-state index contributed by atoms with van der Waals surface area (Å²) < 4.78 is 27.8. The molecule has 9 nitrogen and oxygen atoms in total. The van der Waals surface area contributed by atoms with Crippen LogP contribution in [-0.2, 0) is 25.5 Å². The molecule has 154 valence electrons. The molecule has 0 saturated heterocycles. The number of anilines is 1. The monoisotopic (exact) mass is 406 g/mol. The van der Waals surface area contributed by atoms with Crippen LogP contribution in [0.2, 0.25) is 0 Å². The van der Waals surface area contributed by atoms with Crippen LogP contribution >= 0.6 is 0 Å². The van der Waals surface area contributed by atoms with Gasteiger partial charge in [-0.25, -0.2) is 9.18 Å². The van der Waals surface area contributed by atoms with E-state index in [2.05, 4.69) is 5.32 Å². The lowest BCUT2D eigenvalue weighted by Crippen LogP contribution is -2.24. The number of nitrogens with one attached hydrogen (secondary N) is 1. The van der Waals surface area contributed by atoms with Crippen LogP contribution in [0.15, 0.2) is 28.7 Å². The fourth-order valence-electron chi connectivity index (χ4n) is 2.45. The SMILES string of the molecule is CCOC(=O)c1c(C)oc(NC(=O)COC(=O)Cc2ccc(F)cc2)c1C(N)=O. The van der Waals surface area contributed by atoms with Gasteiger partial charge in [0, 0.05) is 0 Å². The number of hydrogen-bond donors (Lipinski definition) is 2. The van der Waals surface area contributed by atoms with Crippen LogP contribution in [-0.4, -0.2) is 37.0 Å². The van der Waals surface area contributed by atoms with Crippen molar-refractivity contribution in [2.24, 2.45) is 5.73 Å². The average Bonchev–Trinajstić information content (AvgIpc) is 2.98. The fourth-order valence-corrected chi connectivity index (χ4v) is 2.45. The van der Waals surface area contributed by atoms with Gasteiger partial charge in [-0.15, -0.1) is 0 Å². The van der Waals surface area contributed by atoms with Gasteiger partial charge in [0.2, 0.25) is 5.88 Å². The summed E-state index contributed by atoms with van der Waals surface area (Å²) in [7, 11) is 0. The van der Waals surface area contributed by atoms with Gasteiger partial charge < -0.3 is 19.6 Å². The maximum Gasteiger partial charge on any atom is 0.342 e. The molecule has 2 aromatic rings. The summed E-state index contributed by atoms with van der Waals surface area (Å²) >= 11 is 0. The molecule has 0 atom stereocenters. The summed E-state index contributed by atoms with van der Waals surface area (Å²) in [6, 6.07) is 5.22. The summed E-state index contributed by atoms with van der Waals surface area (Å²) in [5, 5.41) is 2.24. The number of aryl methyl sites for hydroxylation is 1. The number of amides is 2. The lowest BCUT2D eigenvalue weighted by atomic mass is 10.1. The van der Waals surface area contributed by atoms with E-state index >= 15 is 0 Å². The second-order valence-electron chi connectivity index (χ2n) is 5.83. The molecule has 29 heavy (non-hydrogen) atoms. The van der Waals surface area contributed by atoms with Crippen molar-refractivity contribution in [3.8, 4) is 0 Å². The van der Waals surface area contributed by atoms with E-state index in [0.717, 1.165) is 0 Å². The zero-order valence-corrected chi connectivity index (χ0v) is 15.7. The van der Waals surface area contributed by atoms with Crippen molar-refractivity contribution in [3.63, 3.8) is 0 Å². The summed E-state index contributed by atoms with van der Waals surface area (Å²) in [4.78, 5) is 47.6. The molecule has 0 bridgehead atoms. The maximum absolute atomic E-state index is 12.9.